The zero-order valence-corrected chi connectivity index (χ0v) is 13.0. The van der Waals surface area contributed by atoms with Crippen LogP contribution in [0.4, 0.5) is 0 Å². The van der Waals surface area contributed by atoms with Crippen molar-refractivity contribution in [3.05, 3.63) is 35.8 Å². The van der Waals surface area contributed by atoms with Crippen LogP contribution in [0.2, 0.25) is 0 Å². The number of nitrogens with one attached hydrogen (secondary N) is 1. The second-order valence-electron chi connectivity index (χ2n) is 5.68. The van der Waals surface area contributed by atoms with E-state index in [0.717, 1.165) is 24.0 Å². The molecule has 0 bridgehead atoms. The highest BCUT2D eigenvalue weighted by atomic mass is 16.5. The van der Waals surface area contributed by atoms with E-state index in [2.05, 4.69) is 52.4 Å². The molecule has 6 heteroatoms. The number of aromatic nitrogens is 3. The van der Waals surface area contributed by atoms with Crippen molar-refractivity contribution in [2.45, 2.75) is 12.8 Å². The van der Waals surface area contributed by atoms with Gasteiger partial charge in [-0.25, -0.2) is 0 Å². The minimum Gasteiger partial charge on any atom is -0.361 e. The van der Waals surface area contributed by atoms with E-state index in [-0.39, 0.29) is 0 Å². The predicted molar refractivity (Wildman–Crippen MR) is 86.6 cm³/mol. The van der Waals surface area contributed by atoms with E-state index in [1.54, 1.807) is 0 Å². The minimum atomic E-state index is 0.518. The van der Waals surface area contributed by atoms with Crippen molar-refractivity contribution in [2.75, 3.05) is 27.2 Å². The third-order valence-corrected chi connectivity index (χ3v) is 3.68. The Morgan fingerprint density at radius 3 is 2.91 bits per heavy atom. The van der Waals surface area contributed by atoms with Gasteiger partial charge in [0.2, 0.25) is 0 Å². The van der Waals surface area contributed by atoms with E-state index in [1.807, 2.05) is 6.07 Å². The summed E-state index contributed by atoms with van der Waals surface area (Å²) in [5, 5.41) is 5.16. The van der Waals surface area contributed by atoms with Gasteiger partial charge >= 0.3 is 0 Å². The van der Waals surface area contributed by atoms with Crippen LogP contribution in [0, 0.1) is 0 Å². The summed E-state index contributed by atoms with van der Waals surface area (Å²) in [7, 11) is 4.16. The molecule has 2 heterocycles. The first kappa shape index (κ1) is 14.7. The first-order valence-electron chi connectivity index (χ1n) is 7.45. The summed E-state index contributed by atoms with van der Waals surface area (Å²) in [6.07, 6.45) is 3.70. The molecule has 0 radical (unpaired) electrons. The molecule has 2 aromatic heterocycles. The normalized spacial score (nSPS) is 11.6. The second kappa shape index (κ2) is 6.29. The average molecular weight is 299 g/mol. The molecule has 3 rings (SSSR count). The maximum atomic E-state index is 5.52. The maximum Gasteiger partial charge on any atom is 0.257 e. The molecule has 0 saturated carbocycles. The van der Waals surface area contributed by atoms with Crippen LogP contribution in [-0.4, -0.2) is 47.2 Å². The Morgan fingerprint density at radius 1 is 1.27 bits per heavy atom. The number of fused-ring (bicyclic) bond motifs is 1. The molecular weight excluding hydrogens is 278 g/mol. The molecule has 0 saturated heterocycles. The molecule has 0 aliphatic rings. The van der Waals surface area contributed by atoms with Crippen molar-refractivity contribution in [3.8, 4) is 11.5 Å². The van der Waals surface area contributed by atoms with Crippen molar-refractivity contribution < 1.29 is 4.52 Å². The number of nitrogens with zero attached hydrogens (tertiary/aromatic N) is 3. The molecule has 0 spiro atoms. The first-order valence-corrected chi connectivity index (χ1v) is 7.45. The van der Waals surface area contributed by atoms with Gasteiger partial charge in [-0.2, -0.15) is 4.98 Å². The lowest BCUT2D eigenvalue weighted by molar-refractivity contribution is 0.414. The van der Waals surface area contributed by atoms with Gasteiger partial charge in [0.1, 0.15) is 0 Å². The maximum absolute atomic E-state index is 5.52. The molecule has 3 N–H and O–H groups in total. The summed E-state index contributed by atoms with van der Waals surface area (Å²) in [6, 6.07) is 6.15. The molecule has 116 valence electrons. The SMILES string of the molecule is CN(C)CCc1c[nH]c2ccc(-c3nc(CCN)no3)cc12. The lowest BCUT2D eigenvalue weighted by Crippen LogP contribution is -2.14. The fourth-order valence-electron chi connectivity index (χ4n) is 2.46. The number of aromatic amines is 1. The Hall–Kier alpha value is -2.18. The lowest BCUT2D eigenvalue weighted by atomic mass is 10.1. The van der Waals surface area contributed by atoms with Gasteiger partial charge in [0.05, 0.1) is 0 Å². The summed E-state index contributed by atoms with van der Waals surface area (Å²) in [4.78, 5) is 9.88. The van der Waals surface area contributed by atoms with Crippen LogP contribution >= 0.6 is 0 Å². The number of rotatable bonds is 6. The van der Waals surface area contributed by atoms with Crippen LogP contribution in [0.15, 0.2) is 28.9 Å². The van der Waals surface area contributed by atoms with Crippen LogP contribution in [0.25, 0.3) is 22.4 Å². The molecule has 0 atom stereocenters. The highest BCUT2D eigenvalue weighted by Gasteiger charge is 2.11. The third kappa shape index (κ3) is 3.03. The van der Waals surface area contributed by atoms with E-state index in [9.17, 15) is 0 Å². The quantitative estimate of drug-likeness (QED) is 0.725. The van der Waals surface area contributed by atoms with E-state index in [4.69, 9.17) is 10.3 Å². The molecule has 0 amide bonds. The molecule has 3 aromatic rings. The number of likely N-dealkylation sites (N-methyl/N-ethyl adjacent to an activating group) is 1. The number of benzene rings is 1. The summed E-state index contributed by atoms with van der Waals surface area (Å²) >= 11 is 0. The Bertz CT molecular complexity index is 759. The zero-order chi connectivity index (χ0) is 15.5. The van der Waals surface area contributed by atoms with Crippen molar-refractivity contribution in [3.63, 3.8) is 0 Å². The van der Waals surface area contributed by atoms with Gasteiger partial charge in [0.25, 0.3) is 5.89 Å². The molecule has 6 nitrogen and oxygen atoms in total. The standard InChI is InChI=1S/C16H21N5O/c1-21(2)8-6-12-10-18-14-4-3-11(9-13(12)14)16-19-15(5-7-17)20-22-16/h3-4,9-10,18H,5-8,17H2,1-2H3. The first-order chi connectivity index (χ1) is 10.7. The predicted octanol–water partition coefficient (Wildman–Crippen LogP) is 1.82. The Kier molecular flexibility index (Phi) is 4.22. The van der Waals surface area contributed by atoms with Crippen LogP contribution in [0.1, 0.15) is 11.4 Å². The number of H-pyrrole nitrogens is 1. The molecule has 0 unspecified atom stereocenters. The largest absolute Gasteiger partial charge is 0.361 e. The molecular formula is C16H21N5O. The number of nitrogens with two attached hydrogens (primary N) is 1. The Morgan fingerprint density at radius 2 is 2.14 bits per heavy atom. The summed E-state index contributed by atoms with van der Waals surface area (Å²) in [6.45, 7) is 1.53. The van der Waals surface area contributed by atoms with E-state index >= 15 is 0 Å². The van der Waals surface area contributed by atoms with Crippen LogP contribution in [-0.2, 0) is 12.8 Å². The average Bonchev–Trinajstić information content (AvgIpc) is 3.11. The van der Waals surface area contributed by atoms with Crippen molar-refractivity contribution in [1.82, 2.24) is 20.0 Å². The van der Waals surface area contributed by atoms with Crippen LogP contribution in [0.3, 0.4) is 0 Å². The fourth-order valence-corrected chi connectivity index (χ4v) is 2.46. The summed E-state index contributed by atoms with van der Waals surface area (Å²) in [5.41, 5.74) is 8.88. The number of hydrogen-bond donors (Lipinski definition) is 2. The summed E-state index contributed by atoms with van der Waals surface area (Å²) < 4.78 is 5.33. The van der Waals surface area contributed by atoms with Gasteiger partial charge in [0, 0.05) is 35.6 Å². The number of hydrogen-bond acceptors (Lipinski definition) is 5. The Balaban J connectivity index is 1.91. The van der Waals surface area contributed by atoms with E-state index in [1.165, 1.54) is 10.9 Å². The topological polar surface area (TPSA) is 84.0 Å². The van der Waals surface area contributed by atoms with Gasteiger partial charge in [0.15, 0.2) is 5.82 Å². The molecule has 0 aliphatic heterocycles. The van der Waals surface area contributed by atoms with Gasteiger partial charge in [-0.1, -0.05) is 5.16 Å². The Labute approximate surface area is 129 Å². The molecule has 22 heavy (non-hydrogen) atoms. The van der Waals surface area contributed by atoms with Gasteiger partial charge in [-0.05, 0) is 50.8 Å². The monoisotopic (exact) mass is 299 g/mol. The molecule has 1 aromatic carbocycles. The van der Waals surface area contributed by atoms with Gasteiger partial charge in [-0.3, -0.25) is 0 Å². The van der Waals surface area contributed by atoms with Crippen molar-refractivity contribution >= 4 is 10.9 Å². The zero-order valence-electron chi connectivity index (χ0n) is 13.0. The molecule has 0 fully saturated rings. The smallest absolute Gasteiger partial charge is 0.257 e. The minimum absolute atomic E-state index is 0.518. The van der Waals surface area contributed by atoms with Gasteiger partial charge in [-0.15, -0.1) is 0 Å². The molecule has 0 aliphatic carbocycles. The van der Waals surface area contributed by atoms with E-state index in [0.29, 0.717) is 24.7 Å². The lowest BCUT2D eigenvalue weighted by Gasteiger charge is -2.08. The highest BCUT2D eigenvalue weighted by molar-refractivity contribution is 5.87. The third-order valence-electron chi connectivity index (χ3n) is 3.68. The highest BCUT2D eigenvalue weighted by Crippen LogP contribution is 2.25. The van der Waals surface area contributed by atoms with Crippen LogP contribution in [0.5, 0.6) is 0 Å². The fraction of sp³-hybridized carbons (Fsp3) is 0.375. The van der Waals surface area contributed by atoms with Crippen molar-refractivity contribution in [2.24, 2.45) is 5.73 Å². The summed E-state index contributed by atoms with van der Waals surface area (Å²) in [5.74, 6) is 1.20. The van der Waals surface area contributed by atoms with E-state index < -0.39 is 0 Å². The van der Waals surface area contributed by atoms with Gasteiger partial charge < -0.3 is 20.1 Å². The van der Waals surface area contributed by atoms with Crippen molar-refractivity contribution in [1.29, 1.82) is 0 Å². The van der Waals surface area contributed by atoms with Crippen LogP contribution < -0.4 is 5.73 Å². The second-order valence-corrected chi connectivity index (χ2v) is 5.68.